The minimum absolute atomic E-state index is 0.00694. The van der Waals surface area contributed by atoms with E-state index in [0.717, 1.165) is 12.3 Å². The Bertz CT molecular complexity index is 299. The highest BCUT2D eigenvalue weighted by molar-refractivity contribution is 5.95. The number of carbonyl (C=O) groups is 1. The molecule has 0 radical (unpaired) electrons. The Morgan fingerprint density at radius 3 is 2.67 bits per heavy atom. The predicted molar refractivity (Wildman–Crippen MR) is 39.2 cm³/mol. The lowest BCUT2D eigenvalue weighted by atomic mass is 10.1. The van der Waals surface area contributed by atoms with E-state index >= 15 is 0 Å². The van der Waals surface area contributed by atoms with Crippen LogP contribution in [0.4, 0.5) is 8.78 Å². The van der Waals surface area contributed by atoms with Gasteiger partial charge in [-0.2, -0.15) is 0 Å². The van der Waals surface area contributed by atoms with Gasteiger partial charge in [-0.3, -0.25) is 9.78 Å². The first-order chi connectivity index (χ1) is 5.63. The summed E-state index contributed by atoms with van der Waals surface area (Å²) in [7, 11) is 0. The summed E-state index contributed by atoms with van der Waals surface area (Å²) in [5, 5.41) is 0. The summed E-state index contributed by atoms with van der Waals surface area (Å²) < 4.78 is 24.4. The molecule has 0 atom stereocenters. The molecule has 0 spiro atoms. The van der Waals surface area contributed by atoms with Crippen molar-refractivity contribution in [2.75, 3.05) is 0 Å². The Balaban J connectivity index is 3.17. The normalized spacial score (nSPS) is 10.3. The van der Waals surface area contributed by atoms with Crippen LogP contribution >= 0.6 is 0 Å². The zero-order valence-corrected chi connectivity index (χ0v) is 6.42. The molecular weight excluding hydrogens is 164 g/mol. The summed E-state index contributed by atoms with van der Waals surface area (Å²) >= 11 is 0. The summed E-state index contributed by atoms with van der Waals surface area (Å²) in [6, 6.07) is 1.15. The van der Waals surface area contributed by atoms with Crippen LogP contribution in [-0.2, 0) is 0 Å². The van der Waals surface area contributed by atoms with Crippen molar-refractivity contribution in [3.63, 3.8) is 0 Å². The van der Waals surface area contributed by atoms with E-state index in [1.165, 1.54) is 13.1 Å². The lowest BCUT2D eigenvalue weighted by Gasteiger charge is -2.03. The van der Waals surface area contributed by atoms with Gasteiger partial charge in [-0.05, 0) is 13.0 Å². The number of nitrogens with zero attached hydrogens (tertiary/aromatic N) is 1. The zero-order chi connectivity index (χ0) is 9.14. The Labute approximate surface area is 68.2 Å². The fraction of sp³-hybridized carbons (Fsp3) is 0.250. The molecule has 0 aliphatic heterocycles. The van der Waals surface area contributed by atoms with Crippen LogP contribution in [0.2, 0.25) is 0 Å². The quantitative estimate of drug-likeness (QED) is 0.638. The second-order valence-electron chi connectivity index (χ2n) is 2.32. The van der Waals surface area contributed by atoms with E-state index < -0.39 is 12.2 Å². The van der Waals surface area contributed by atoms with Gasteiger partial charge in [0.15, 0.2) is 5.78 Å². The van der Waals surface area contributed by atoms with E-state index in [0.29, 0.717) is 0 Å². The zero-order valence-electron chi connectivity index (χ0n) is 6.42. The van der Waals surface area contributed by atoms with Crippen molar-refractivity contribution >= 4 is 5.78 Å². The molecule has 64 valence electrons. The van der Waals surface area contributed by atoms with Crippen molar-refractivity contribution in [2.24, 2.45) is 0 Å². The maximum atomic E-state index is 12.2. The van der Waals surface area contributed by atoms with E-state index in [2.05, 4.69) is 4.98 Å². The van der Waals surface area contributed by atoms with E-state index in [4.69, 9.17) is 0 Å². The van der Waals surface area contributed by atoms with E-state index in [-0.39, 0.29) is 11.1 Å². The number of alkyl halides is 2. The molecule has 4 heteroatoms. The second kappa shape index (κ2) is 3.38. The van der Waals surface area contributed by atoms with Crippen LogP contribution in [0, 0.1) is 0 Å². The fourth-order valence-corrected chi connectivity index (χ4v) is 0.890. The van der Waals surface area contributed by atoms with Crippen LogP contribution in [0.3, 0.4) is 0 Å². The van der Waals surface area contributed by atoms with Gasteiger partial charge >= 0.3 is 0 Å². The summed E-state index contributed by atoms with van der Waals surface area (Å²) in [6.45, 7) is 1.24. The molecule has 0 bridgehead atoms. The third kappa shape index (κ3) is 1.64. The molecule has 1 rings (SSSR count). The summed E-state index contributed by atoms with van der Waals surface area (Å²) in [4.78, 5) is 14.4. The average molecular weight is 171 g/mol. The van der Waals surface area contributed by atoms with Crippen LogP contribution < -0.4 is 0 Å². The van der Waals surface area contributed by atoms with Crippen molar-refractivity contribution in [1.82, 2.24) is 4.98 Å². The Morgan fingerprint density at radius 1 is 1.58 bits per heavy atom. The number of aromatic nitrogens is 1. The highest BCUT2D eigenvalue weighted by Gasteiger charge is 2.14. The number of rotatable bonds is 2. The van der Waals surface area contributed by atoms with E-state index in [1.807, 2.05) is 0 Å². The van der Waals surface area contributed by atoms with Crippen molar-refractivity contribution in [3.8, 4) is 0 Å². The lowest BCUT2D eigenvalue weighted by molar-refractivity contribution is 0.0998. The number of carbonyl (C=O) groups excluding carboxylic acids is 1. The lowest BCUT2D eigenvalue weighted by Crippen LogP contribution is -2.00. The maximum absolute atomic E-state index is 12.2. The molecular formula is C8H7F2NO. The second-order valence-corrected chi connectivity index (χ2v) is 2.32. The van der Waals surface area contributed by atoms with Gasteiger partial charge in [-0.25, -0.2) is 8.78 Å². The molecule has 1 aromatic heterocycles. The third-order valence-electron chi connectivity index (χ3n) is 1.47. The summed E-state index contributed by atoms with van der Waals surface area (Å²) in [6.07, 6.45) is -0.218. The van der Waals surface area contributed by atoms with Crippen molar-refractivity contribution in [2.45, 2.75) is 13.3 Å². The molecule has 12 heavy (non-hydrogen) atoms. The minimum atomic E-state index is -2.62. The Kier molecular flexibility index (Phi) is 2.47. The average Bonchev–Trinajstić information content (AvgIpc) is 2.04. The molecule has 0 saturated carbocycles. The largest absolute Gasteiger partial charge is 0.294 e. The van der Waals surface area contributed by atoms with Crippen molar-refractivity contribution in [1.29, 1.82) is 0 Å². The molecule has 2 nitrogen and oxygen atoms in total. The monoisotopic (exact) mass is 171 g/mol. The number of Topliss-reactive ketones (excluding diaryl/α,β-unsaturated/α-hetero) is 1. The first-order valence-corrected chi connectivity index (χ1v) is 3.36. The molecule has 1 heterocycles. The van der Waals surface area contributed by atoms with Crippen molar-refractivity contribution < 1.29 is 13.6 Å². The predicted octanol–water partition coefficient (Wildman–Crippen LogP) is 2.22. The van der Waals surface area contributed by atoms with Crippen LogP contribution in [0.1, 0.15) is 29.3 Å². The SMILES string of the molecule is CC(=O)c1cnccc1C(F)F. The van der Waals surface area contributed by atoms with Crippen molar-refractivity contribution in [3.05, 3.63) is 29.6 Å². The maximum Gasteiger partial charge on any atom is 0.264 e. The number of ketones is 1. The Morgan fingerprint density at radius 2 is 2.25 bits per heavy atom. The van der Waals surface area contributed by atoms with Gasteiger partial charge < -0.3 is 0 Å². The van der Waals surface area contributed by atoms with Gasteiger partial charge in [-0.1, -0.05) is 0 Å². The molecule has 0 aliphatic rings. The van der Waals surface area contributed by atoms with E-state index in [9.17, 15) is 13.6 Å². The van der Waals surface area contributed by atoms with E-state index in [1.54, 1.807) is 0 Å². The van der Waals surface area contributed by atoms with Gasteiger partial charge in [0.25, 0.3) is 6.43 Å². The standard InChI is InChI=1S/C8H7F2NO/c1-5(12)7-4-11-3-2-6(7)8(9)10/h2-4,8H,1H3. The molecule has 1 aromatic rings. The summed E-state index contributed by atoms with van der Waals surface area (Å²) in [5.41, 5.74) is -0.259. The molecule has 0 N–H and O–H groups in total. The molecule has 0 aliphatic carbocycles. The third-order valence-corrected chi connectivity index (χ3v) is 1.47. The highest BCUT2D eigenvalue weighted by Crippen LogP contribution is 2.21. The Hall–Kier alpha value is -1.32. The highest BCUT2D eigenvalue weighted by atomic mass is 19.3. The van der Waals surface area contributed by atoms with Crippen LogP contribution in [0.5, 0.6) is 0 Å². The number of pyridine rings is 1. The summed E-state index contributed by atoms with van der Waals surface area (Å²) in [5.74, 6) is -0.390. The number of halogens is 2. The first-order valence-electron chi connectivity index (χ1n) is 3.36. The first kappa shape index (κ1) is 8.77. The van der Waals surface area contributed by atoms with Crippen LogP contribution in [0.25, 0.3) is 0 Å². The number of hydrogen-bond donors (Lipinski definition) is 0. The van der Waals surface area contributed by atoms with Gasteiger partial charge in [-0.15, -0.1) is 0 Å². The van der Waals surface area contributed by atoms with Gasteiger partial charge in [0.1, 0.15) is 0 Å². The number of hydrogen-bond acceptors (Lipinski definition) is 2. The molecule has 0 aromatic carbocycles. The fourth-order valence-electron chi connectivity index (χ4n) is 0.890. The van der Waals surface area contributed by atoms with Gasteiger partial charge in [0.2, 0.25) is 0 Å². The minimum Gasteiger partial charge on any atom is -0.294 e. The molecule has 0 fully saturated rings. The smallest absolute Gasteiger partial charge is 0.264 e. The molecule has 0 unspecified atom stereocenters. The van der Waals surface area contributed by atoms with Gasteiger partial charge in [0, 0.05) is 23.5 Å². The van der Waals surface area contributed by atoms with Gasteiger partial charge in [0.05, 0.1) is 0 Å². The topological polar surface area (TPSA) is 30.0 Å². The van der Waals surface area contributed by atoms with Crippen LogP contribution in [-0.4, -0.2) is 10.8 Å². The van der Waals surface area contributed by atoms with Crippen LogP contribution in [0.15, 0.2) is 18.5 Å². The molecule has 0 saturated heterocycles. The molecule has 0 amide bonds.